The molecule has 1 saturated carbocycles. The Labute approximate surface area is 201 Å². The Morgan fingerprint density at radius 1 is 1.24 bits per heavy atom. The number of halogens is 1. The molecule has 0 spiro atoms. The summed E-state index contributed by atoms with van der Waals surface area (Å²) in [6.45, 7) is 3.86. The molecule has 0 aliphatic heterocycles. The predicted octanol–water partition coefficient (Wildman–Crippen LogP) is 3.48. The van der Waals surface area contributed by atoms with Crippen LogP contribution < -0.4 is 10.6 Å². The van der Waals surface area contributed by atoms with Gasteiger partial charge in [0, 0.05) is 18.2 Å². The molecule has 1 unspecified atom stereocenters. The zero-order chi connectivity index (χ0) is 24.0. The largest absolute Gasteiger partial charge is 0.394 e. The number of aliphatic hydroxyl groups is 2. The second-order valence-electron chi connectivity index (χ2n) is 8.85. The van der Waals surface area contributed by atoms with E-state index in [0.29, 0.717) is 22.1 Å². The van der Waals surface area contributed by atoms with Gasteiger partial charge in [-0.25, -0.2) is 9.97 Å². The van der Waals surface area contributed by atoms with Crippen molar-refractivity contribution in [3.63, 3.8) is 0 Å². The van der Waals surface area contributed by atoms with Gasteiger partial charge in [-0.3, -0.25) is 9.20 Å². The zero-order valence-corrected chi connectivity index (χ0v) is 19.7. The lowest BCUT2D eigenvalue weighted by atomic mass is 10.1. The van der Waals surface area contributed by atoms with Crippen LogP contribution in [0, 0.1) is 13.8 Å². The maximum atomic E-state index is 12.5. The Hall–Kier alpha value is -3.20. The first-order valence-electron chi connectivity index (χ1n) is 11.3. The van der Waals surface area contributed by atoms with Crippen LogP contribution >= 0.6 is 11.6 Å². The molecule has 4 aromatic rings. The molecule has 34 heavy (non-hydrogen) atoms. The maximum Gasteiger partial charge on any atom is 0.253 e. The van der Waals surface area contributed by atoms with E-state index < -0.39 is 6.10 Å². The van der Waals surface area contributed by atoms with Crippen molar-refractivity contribution in [1.29, 1.82) is 0 Å². The van der Waals surface area contributed by atoms with Crippen molar-refractivity contribution in [2.75, 3.05) is 18.5 Å². The monoisotopic (exact) mass is 479 g/mol. The average Bonchev–Trinajstić information content (AvgIpc) is 3.51. The van der Waals surface area contributed by atoms with Gasteiger partial charge in [0.1, 0.15) is 0 Å². The molecular formula is C25H26ClN5O3. The molecule has 2 aromatic heterocycles. The molecule has 1 amide bonds. The molecule has 5 rings (SSSR count). The first-order valence-corrected chi connectivity index (χ1v) is 11.7. The third-order valence-electron chi connectivity index (χ3n) is 6.18. The molecule has 0 saturated heterocycles. The van der Waals surface area contributed by atoms with Crippen LogP contribution in [0.4, 0.5) is 5.82 Å². The van der Waals surface area contributed by atoms with Crippen LogP contribution in [0.3, 0.4) is 0 Å². The van der Waals surface area contributed by atoms with Gasteiger partial charge in [-0.15, -0.1) is 0 Å². The van der Waals surface area contributed by atoms with Gasteiger partial charge in [-0.1, -0.05) is 17.7 Å². The van der Waals surface area contributed by atoms with Crippen molar-refractivity contribution < 1.29 is 15.0 Å². The van der Waals surface area contributed by atoms with Crippen molar-refractivity contribution in [3.05, 3.63) is 58.2 Å². The molecule has 2 heterocycles. The number of anilines is 1. The van der Waals surface area contributed by atoms with E-state index in [-0.39, 0.29) is 25.1 Å². The molecule has 1 atom stereocenters. The highest BCUT2D eigenvalue weighted by molar-refractivity contribution is 6.34. The van der Waals surface area contributed by atoms with Gasteiger partial charge in [0.15, 0.2) is 11.5 Å². The van der Waals surface area contributed by atoms with Gasteiger partial charge in [-0.2, -0.15) is 0 Å². The summed E-state index contributed by atoms with van der Waals surface area (Å²) >= 11 is 6.53. The molecule has 0 bridgehead atoms. The molecule has 4 N–H and O–H groups in total. The fourth-order valence-electron chi connectivity index (χ4n) is 3.94. The van der Waals surface area contributed by atoms with E-state index in [1.807, 2.05) is 30.4 Å². The minimum atomic E-state index is -0.917. The summed E-state index contributed by atoms with van der Waals surface area (Å²) in [5.74, 6) is 0.341. The summed E-state index contributed by atoms with van der Waals surface area (Å²) in [6, 6.07) is 9.73. The normalized spacial score (nSPS) is 14.5. The van der Waals surface area contributed by atoms with E-state index in [0.717, 1.165) is 46.3 Å². The summed E-state index contributed by atoms with van der Waals surface area (Å²) in [7, 11) is 0. The summed E-state index contributed by atoms with van der Waals surface area (Å²) in [5, 5.41) is 25.4. The molecular weight excluding hydrogens is 454 g/mol. The number of aromatic nitrogens is 3. The van der Waals surface area contributed by atoms with Gasteiger partial charge >= 0.3 is 0 Å². The molecule has 0 radical (unpaired) electrons. The van der Waals surface area contributed by atoms with Crippen LogP contribution in [0.5, 0.6) is 0 Å². The molecule has 1 aliphatic carbocycles. The van der Waals surface area contributed by atoms with Gasteiger partial charge in [-0.05, 0) is 62.1 Å². The minimum Gasteiger partial charge on any atom is -0.394 e. The lowest BCUT2D eigenvalue weighted by Crippen LogP contribution is -2.25. The van der Waals surface area contributed by atoms with E-state index in [1.165, 1.54) is 0 Å². The zero-order valence-electron chi connectivity index (χ0n) is 19.0. The second-order valence-corrected chi connectivity index (χ2v) is 9.25. The van der Waals surface area contributed by atoms with Crippen LogP contribution in [0.2, 0.25) is 5.02 Å². The number of aryl methyl sites for hydroxylation is 2. The highest BCUT2D eigenvalue weighted by atomic mass is 35.5. The Balaban J connectivity index is 1.64. The van der Waals surface area contributed by atoms with Crippen LogP contribution in [0.25, 0.3) is 27.9 Å². The second kappa shape index (κ2) is 8.87. The summed E-state index contributed by atoms with van der Waals surface area (Å²) < 4.78 is 2.00. The fourth-order valence-corrected chi connectivity index (χ4v) is 4.20. The number of benzene rings is 2. The first kappa shape index (κ1) is 22.6. The summed E-state index contributed by atoms with van der Waals surface area (Å²) in [6.07, 6.45) is 2.85. The number of rotatable bonds is 7. The van der Waals surface area contributed by atoms with Crippen molar-refractivity contribution in [2.45, 2.75) is 38.8 Å². The average molecular weight is 480 g/mol. The molecule has 9 heteroatoms. The lowest BCUT2D eigenvalue weighted by molar-refractivity contribution is 0.0951. The van der Waals surface area contributed by atoms with Gasteiger partial charge in [0.2, 0.25) is 0 Å². The number of fused-ring (bicyclic) bond motifs is 3. The number of carbonyl (C=O) groups excluding carboxylic acids is 1. The number of hydrogen-bond acceptors (Lipinski definition) is 6. The van der Waals surface area contributed by atoms with E-state index in [2.05, 4.69) is 21.7 Å². The van der Waals surface area contributed by atoms with Crippen LogP contribution in [0.15, 0.2) is 36.5 Å². The standard InChI is InChI=1S/C25H26ClN5O3/c1-13-7-20-21(8-14(13)2)31-22(11-28-24(31)23(30-20)27-10-17(33)12-32)15-3-6-18(19(26)9-15)25(34)29-16-4-5-16/h3,6-9,11,16-17,32-33H,4-5,10,12H2,1-2H3,(H,27,30)(H,29,34). The number of amides is 1. The summed E-state index contributed by atoms with van der Waals surface area (Å²) in [4.78, 5) is 21.8. The fraction of sp³-hybridized carbons (Fsp3) is 0.320. The van der Waals surface area contributed by atoms with Crippen molar-refractivity contribution in [1.82, 2.24) is 19.7 Å². The molecule has 1 aliphatic rings. The minimum absolute atomic E-state index is 0.133. The Bertz CT molecular complexity index is 1410. The number of carbonyl (C=O) groups is 1. The van der Waals surface area contributed by atoms with Gasteiger partial charge < -0.3 is 20.8 Å². The van der Waals surface area contributed by atoms with Crippen LogP contribution in [-0.4, -0.2) is 55.8 Å². The lowest BCUT2D eigenvalue weighted by Gasteiger charge is -2.14. The van der Waals surface area contributed by atoms with Crippen molar-refractivity contribution >= 4 is 40.0 Å². The third-order valence-corrected chi connectivity index (χ3v) is 6.49. The van der Waals surface area contributed by atoms with E-state index in [9.17, 15) is 15.0 Å². The topological polar surface area (TPSA) is 112 Å². The highest BCUT2D eigenvalue weighted by Gasteiger charge is 2.25. The molecule has 1 fully saturated rings. The maximum absolute atomic E-state index is 12.5. The number of aliphatic hydroxyl groups excluding tert-OH is 2. The first-order chi connectivity index (χ1) is 16.4. The Kier molecular flexibility index (Phi) is 5.89. The SMILES string of the molecule is Cc1cc2nc(NCC(O)CO)c3ncc(-c4ccc(C(=O)NC5CC5)c(Cl)c4)n3c2cc1C. The molecule has 2 aromatic carbocycles. The highest BCUT2D eigenvalue weighted by Crippen LogP contribution is 2.32. The van der Waals surface area contributed by atoms with Gasteiger partial charge in [0.25, 0.3) is 5.91 Å². The van der Waals surface area contributed by atoms with Crippen LogP contribution in [0.1, 0.15) is 34.3 Å². The number of imidazole rings is 1. The quantitative estimate of drug-likeness (QED) is 0.323. The Morgan fingerprint density at radius 3 is 2.71 bits per heavy atom. The van der Waals surface area contributed by atoms with E-state index in [4.69, 9.17) is 16.6 Å². The van der Waals surface area contributed by atoms with E-state index in [1.54, 1.807) is 18.3 Å². The van der Waals surface area contributed by atoms with E-state index >= 15 is 0 Å². The molecule has 8 nitrogen and oxygen atoms in total. The number of nitrogens with one attached hydrogen (secondary N) is 2. The number of nitrogens with zero attached hydrogens (tertiary/aromatic N) is 3. The van der Waals surface area contributed by atoms with Crippen molar-refractivity contribution in [3.8, 4) is 11.3 Å². The predicted molar refractivity (Wildman–Crippen MR) is 132 cm³/mol. The smallest absolute Gasteiger partial charge is 0.253 e. The summed E-state index contributed by atoms with van der Waals surface area (Å²) in [5.41, 5.74) is 6.52. The van der Waals surface area contributed by atoms with Crippen molar-refractivity contribution in [2.24, 2.45) is 0 Å². The van der Waals surface area contributed by atoms with Crippen LogP contribution in [-0.2, 0) is 0 Å². The van der Waals surface area contributed by atoms with Gasteiger partial charge in [0.05, 0.1) is 46.2 Å². The molecule has 176 valence electrons. The Morgan fingerprint density at radius 2 is 2.00 bits per heavy atom. The third kappa shape index (κ3) is 4.20. The number of hydrogen-bond donors (Lipinski definition) is 4.